The van der Waals surface area contributed by atoms with E-state index in [1.165, 1.54) is 0 Å². The van der Waals surface area contributed by atoms with E-state index in [4.69, 9.17) is 10.5 Å². The maximum Gasteiger partial charge on any atom is 0.322 e. The summed E-state index contributed by atoms with van der Waals surface area (Å²) in [6, 6.07) is 9.89. The number of methoxy groups -OCH3 is 1. The van der Waals surface area contributed by atoms with Gasteiger partial charge in [0.25, 0.3) is 0 Å². The molecule has 6 heteroatoms. The Morgan fingerprint density at radius 2 is 1.91 bits per heavy atom. The highest BCUT2D eigenvalue weighted by molar-refractivity contribution is 5.95. The molecular weight excluding hydrogens is 402 g/mol. The Labute approximate surface area is 189 Å². The number of ether oxygens (including phenoxy) is 1. The quantitative estimate of drug-likeness (QED) is 0.719. The summed E-state index contributed by atoms with van der Waals surface area (Å²) in [6.07, 6.45) is 4.39. The Kier molecular flexibility index (Phi) is 5.71. The first-order valence-corrected chi connectivity index (χ1v) is 11.1. The molecule has 0 spiro atoms. The third-order valence-corrected chi connectivity index (χ3v) is 7.30. The lowest BCUT2D eigenvalue weighted by Crippen LogP contribution is -2.51. The standard InChI is InChI=1S/C26H31N3O3/c1-5-18-8-6-16(2)21-15-29(25(31)28-23(18)21)20-10-12-26(13-11-20,24(27)30)19-9-7-17(3)22(14-19)32-4/h5-9,14,20H,1,10-13,15H2,2-4H3,(H2,27,30)(H,28,31). The zero-order valence-electron chi connectivity index (χ0n) is 19.0. The van der Waals surface area contributed by atoms with Gasteiger partial charge in [0.2, 0.25) is 5.91 Å². The minimum atomic E-state index is -0.742. The molecule has 1 fully saturated rings. The maximum absolute atomic E-state index is 13.0. The second kappa shape index (κ2) is 8.34. The van der Waals surface area contributed by atoms with E-state index in [2.05, 4.69) is 24.9 Å². The van der Waals surface area contributed by atoms with Gasteiger partial charge in [-0.05, 0) is 73.4 Å². The normalized spacial score (nSPS) is 22.7. The highest BCUT2D eigenvalue weighted by Crippen LogP contribution is 2.43. The number of rotatable bonds is 5. The lowest BCUT2D eigenvalue weighted by molar-refractivity contribution is -0.125. The topological polar surface area (TPSA) is 84.7 Å². The highest BCUT2D eigenvalue weighted by Gasteiger charge is 2.44. The number of hydrogen-bond acceptors (Lipinski definition) is 3. The summed E-state index contributed by atoms with van der Waals surface area (Å²) in [5, 5.41) is 3.07. The van der Waals surface area contributed by atoms with Gasteiger partial charge in [0.15, 0.2) is 0 Å². The molecule has 168 valence electrons. The van der Waals surface area contributed by atoms with Crippen LogP contribution in [0.3, 0.4) is 0 Å². The van der Waals surface area contributed by atoms with Gasteiger partial charge in [0, 0.05) is 6.04 Å². The molecule has 2 aromatic carbocycles. The smallest absolute Gasteiger partial charge is 0.322 e. The summed E-state index contributed by atoms with van der Waals surface area (Å²) in [4.78, 5) is 27.6. The molecule has 3 amide bonds. The molecule has 4 rings (SSSR count). The SMILES string of the molecule is C=Cc1ccc(C)c2c1NC(=O)N(C1CCC(C(N)=O)(c3ccc(C)c(OC)c3)CC1)C2. The van der Waals surface area contributed by atoms with Crippen molar-refractivity contribution >= 4 is 23.7 Å². The van der Waals surface area contributed by atoms with Gasteiger partial charge in [-0.15, -0.1) is 0 Å². The monoisotopic (exact) mass is 433 g/mol. The fourth-order valence-corrected chi connectivity index (χ4v) is 5.21. The molecule has 0 bridgehead atoms. The van der Waals surface area contributed by atoms with Crippen molar-refractivity contribution in [3.8, 4) is 5.75 Å². The molecule has 32 heavy (non-hydrogen) atoms. The molecule has 1 aliphatic carbocycles. The molecule has 1 saturated carbocycles. The summed E-state index contributed by atoms with van der Waals surface area (Å²) in [5.74, 6) is 0.438. The predicted molar refractivity (Wildman–Crippen MR) is 127 cm³/mol. The highest BCUT2D eigenvalue weighted by atomic mass is 16.5. The maximum atomic E-state index is 13.0. The molecule has 6 nitrogen and oxygen atoms in total. The second-order valence-electron chi connectivity index (χ2n) is 8.95. The van der Waals surface area contributed by atoms with Gasteiger partial charge in [-0.2, -0.15) is 0 Å². The Hall–Kier alpha value is -3.28. The number of carbonyl (C=O) groups excluding carboxylic acids is 2. The number of amides is 3. The number of carbonyl (C=O) groups is 2. The number of fused-ring (bicyclic) bond motifs is 1. The van der Waals surface area contributed by atoms with Crippen molar-refractivity contribution < 1.29 is 14.3 Å². The first-order chi connectivity index (χ1) is 15.3. The van der Waals surface area contributed by atoms with Crippen LogP contribution in [0.15, 0.2) is 36.9 Å². The summed E-state index contributed by atoms with van der Waals surface area (Å²) >= 11 is 0. The van der Waals surface area contributed by atoms with Crippen LogP contribution in [-0.4, -0.2) is 30.0 Å². The number of hydrogen-bond donors (Lipinski definition) is 2. The first kappa shape index (κ1) is 21.9. The van der Waals surface area contributed by atoms with Crippen molar-refractivity contribution in [2.24, 2.45) is 5.73 Å². The van der Waals surface area contributed by atoms with Crippen molar-refractivity contribution in [1.29, 1.82) is 0 Å². The molecule has 0 aromatic heterocycles. The van der Waals surface area contributed by atoms with Crippen molar-refractivity contribution in [3.63, 3.8) is 0 Å². The molecule has 1 heterocycles. The molecule has 0 atom stereocenters. The van der Waals surface area contributed by atoms with E-state index >= 15 is 0 Å². The minimum absolute atomic E-state index is 0.0507. The second-order valence-corrected chi connectivity index (χ2v) is 8.95. The molecule has 1 aliphatic heterocycles. The average molecular weight is 434 g/mol. The van der Waals surface area contributed by atoms with Gasteiger partial charge < -0.3 is 20.7 Å². The predicted octanol–water partition coefficient (Wildman–Crippen LogP) is 4.67. The van der Waals surface area contributed by atoms with Crippen LogP contribution < -0.4 is 15.8 Å². The Bertz CT molecular complexity index is 1080. The van der Waals surface area contributed by atoms with Gasteiger partial charge in [-0.25, -0.2) is 4.79 Å². The van der Waals surface area contributed by atoms with E-state index in [0.29, 0.717) is 32.2 Å². The molecular formula is C26H31N3O3. The fourth-order valence-electron chi connectivity index (χ4n) is 5.21. The third-order valence-electron chi connectivity index (χ3n) is 7.30. The van der Waals surface area contributed by atoms with Crippen molar-refractivity contribution in [3.05, 3.63) is 64.7 Å². The Morgan fingerprint density at radius 1 is 1.22 bits per heavy atom. The summed E-state index contributed by atoms with van der Waals surface area (Å²) in [7, 11) is 1.63. The van der Waals surface area contributed by atoms with Gasteiger partial charge in [0.05, 0.1) is 24.8 Å². The first-order valence-electron chi connectivity index (χ1n) is 11.1. The number of urea groups is 1. The van der Waals surface area contributed by atoms with Crippen LogP contribution in [-0.2, 0) is 16.8 Å². The van der Waals surface area contributed by atoms with Crippen LogP contribution in [0, 0.1) is 13.8 Å². The average Bonchev–Trinajstić information content (AvgIpc) is 2.79. The Morgan fingerprint density at radius 3 is 2.53 bits per heavy atom. The van der Waals surface area contributed by atoms with Crippen LogP contribution in [0.1, 0.15) is 53.5 Å². The van der Waals surface area contributed by atoms with Gasteiger partial charge in [-0.1, -0.05) is 36.9 Å². The van der Waals surface area contributed by atoms with Crippen molar-refractivity contribution in [2.75, 3.05) is 12.4 Å². The minimum Gasteiger partial charge on any atom is -0.496 e. The Balaban J connectivity index is 1.58. The number of nitrogens with two attached hydrogens (primary N) is 1. The summed E-state index contributed by atoms with van der Waals surface area (Å²) < 4.78 is 5.47. The number of primary amides is 1. The van der Waals surface area contributed by atoms with Gasteiger partial charge in [-0.3, -0.25) is 4.79 Å². The van der Waals surface area contributed by atoms with Crippen molar-refractivity contribution in [2.45, 2.75) is 57.5 Å². The van der Waals surface area contributed by atoms with Crippen LogP contribution in [0.5, 0.6) is 5.75 Å². The van der Waals surface area contributed by atoms with E-state index < -0.39 is 5.41 Å². The number of nitrogens with one attached hydrogen (secondary N) is 1. The zero-order chi connectivity index (χ0) is 23.0. The largest absolute Gasteiger partial charge is 0.496 e. The van der Waals surface area contributed by atoms with Crippen molar-refractivity contribution in [1.82, 2.24) is 4.90 Å². The van der Waals surface area contributed by atoms with Crippen LogP contribution in [0.2, 0.25) is 0 Å². The zero-order valence-corrected chi connectivity index (χ0v) is 19.0. The lowest BCUT2D eigenvalue weighted by Gasteiger charge is -2.44. The third kappa shape index (κ3) is 3.53. The van der Waals surface area contributed by atoms with Gasteiger partial charge in [0.1, 0.15) is 5.75 Å². The molecule has 0 radical (unpaired) electrons. The van der Waals surface area contributed by atoms with E-state index in [1.807, 2.05) is 36.1 Å². The summed E-state index contributed by atoms with van der Waals surface area (Å²) in [6.45, 7) is 8.46. The van der Waals surface area contributed by atoms with Gasteiger partial charge >= 0.3 is 6.03 Å². The molecule has 2 aromatic rings. The van der Waals surface area contributed by atoms with Crippen LogP contribution >= 0.6 is 0 Å². The van der Waals surface area contributed by atoms with E-state index in [9.17, 15) is 9.59 Å². The van der Waals surface area contributed by atoms with E-state index in [-0.39, 0.29) is 18.0 Å². The van der Waals surface area contributed by atoms with E-state index in [1.54, 1.807) is 13.2 Å². The number of anilines is 1. The number of aryl methyl sites for hydroxylation is 2. The molecule has 0 saturated heterocycles. The fraction of sp³-hybridized carbons (Fsp3) is 0.385. The lowest BCUT2D eigenvalue weighted by atomic mass is 9.67. The van der Waals surface area contributed by atoms with E-state index in [0.717, 1.165) is 39.3 Å². The molecule has 2 aliphatic rings. The van der Waals surface area contributed by atoms with Crippen LogP contribution in [0.25, 0.3) is 6.08 Å². The van der Waals surface area contributed by atoms with Crippen LogP contribution in [0.4, 0.5) is 10.5 Å². The number of nitrogens with zero attached hydrogens (tertiary/aromatic N) is 1. The molecule has 0 unspecified atom stereocenters. The number of benzene rings is 2. The molecule has 3 N–H and O–H groups in total. The summed E-state index contributed by atoms with van der Waals surface area (Å²) in [5.41, 5.74) is 11.2.